The minimum absolute atomic E-state index is 0.144. The molecule has 5 rings (SSSR count). The predicted octanol–water partition coefficient (Wildman–Crippen LogP) is 1.13. The summed E-state index contributed by atoms with van der Waals surface area (Å²) < 4.78 is 9.85. The van der Waals surface area contributed by atoms with E-state index in [1.165, 1.54) is 7.11 Å². The summed E-state index contributed by atoms with van der Waals surface area (Å²) in [5.41, 5.74) is 0.869. The van der Waals surface area contributed by atoms with Gasteiger partial charge in [-0.15, -0.1) is 0 Å². The van der Waals surface area contributed by atoms with Crippen LogP contribution in [0.3, 0.4) is 0 Å². The van der Waals surface area contributed by atoms with Crippen LogP contribution in [-0.2, 0) is 54.4 Å². The van der Waals surface area contributed by atoms with Crippen molar-refractivity contribution in [1.82, 2.24) is 42.5 Å². The number of carbonyl (C=O) groups excluding carboxylic acids is 9. The Bertz CT molecular complexity index is 1800. The quantitative estimate of drug-likeness (QED) is 0.0483. The van der Waals surface area contributed by atoms with Gasteiger partial charge in [0.1, 0.15) is 6.61 Å². The van der Waals surface area contributed by atoms with Gasteiger partial charge in [-0.1, -0.05) is 30.3 Å². The zero-order valence-electron chi connectivity index (χ0n) is 36.8. The van der Waals surface area contributed by atoms with E-state index in [-0.39, 0.29) is 127 Å². The zero-order chi connectivity index (χ0) is 45.8. The van der Waals surface area contributed by atoms with Crippen molar-refractivity contribution in [3.05, 3.63) is 35.9 Å². The molecule has 1 aromatic rings. The van der Waals surface area contributed by atoms with E-state index < -0.39 is 6.09 Å². The van der Waals surface area contributed by atoms with Crippen LogP contribution in [0.2, 0.25) is 0 Å². The molecule has 19 nitrogen and oxygen atoms in total. The topological polar surface area (TPSA) is 268 Å². The molecule has 8 atom stereocenters. The highest BCUT2D eigenvalue weighted by molar-refractivity contribution is 5.85. The third-order valence-electron chi connectivity index (χ3n) is 12.7. The standard InChI is InChI=1S/C45H66N8O11/c1-63-40(57)14-8-26-49-43(60)31-17-21-35(31)52-38(55)12-6-24-47-41(58)29-15-19-33(29)50-37(54)11-5-23-46-42(59)30-16-20-34(30)51-39(56)13-7-25-48-44(61)32-18-22-36(32)53-45(62)64-27-28-9-3-2-4-10-28/h2-4,9-10,29-36H,5-8,11-27H2,1H3,(H,46,59)(H,47,58)(H,48,61)(H,49,60)(H,50,54)(H,51,56)(H,52,55)(H,53,62)/t29-,30-,31-,32-,33+,34+,35+,36+/m1/s1. The van der Waals surface area contributed by atoms with Crippen molar-refractivity contribution < 1.29 is 52.6 Å². The molecule has 4 aliphatic rings. The van der Waals surface area contributed by atoms with E-state index in [9.17, 15) is 43.2 Å². The summed E-state index contributed by atoms with van der Waals surface area (Å²) in [6.07, 6.45) is 7.36. The molecule has 1 aromatic carbocycles. The molecule has 4 saturated carbocycles. The number of esters is 1. The summed E-state index contributed by atoms with van der Waals surface area (Å²) in [5, 5.41) is 22.9. The van der Waals surface area contributed by atoms with E-state index >= 15 is 0 Å². The number of hydrogen-bond donors (Lipinski definition) is 8. The Labute approximate surface area is 374 Å². The molecule has 0 aromatic heterocycles. The molecule has 352 valence electrons. The van der Waals surface area contributed by atoms with Crippen molar-refractivity contribution in [2.24, 2.45) is 23.7 Å². The maximum atomic E-state index is 12.8. The summed E-state index contributed by atoms with van der Waals surface area (Å²) >= 11 is 0. The van der Waals surface area contributed by atoms with Crippen LogP contribution < -0.4 is 42.5 Å². The summed E-state index contributed by atoms with van der Waals surface area (Å²) in [5.74, 6) is -2.94. The maximum absolute atomic E-state index is 12.8. The molecule has 8 N–H and O–H groups in total. The molecule has 0 spiro atoms. The fourth-order valence-corrected chi connectivity index (χ4v) is 8.15. The van der Waals surface area contributed by atoms with Gasteiger partial charge in [-0.05, 0) is 82.6 Å². The van der Waals surface area contributed by atoms with Crippen molar-refractivity contribution in [2.45, 2.75) is 134 Å². The Morgan fingerprint density at radius 1 is 0.469 bits per heavy atom. The number of methoxy groups -OCH3 is 1. The van der Waals surface area contributed by atoms with Crippen LogP contribution in [0.15, 0.2) is 30.3 Å². The van der Waals surface area contributed by atoms with Crippen LogP contribution in [0.5, 0.6) is 0 Å². The number of alkyl carbamates (subject to hydrolysis) is 1. The third-order valence-corrected chi connectivity index (χ3v) is 12.7. The summed E-state index contributed by atoms with van der Waals surface area (Å²) in [6.45, 7) is 1.42. The van der Waals surface area contributed by atoms with Gasteiger partial charge in [-0.2, -0.15) is 0 Å². The molecular weight excluding hydrogens is 829 g/mol. The van der Waals surface area contributed by atoms with E-state index in [1.54, 1.807) is 0 Å². The van der Waals surface area contributed by atoms with Crippen LogP contribution in [0, 0.1) is 23.7 Å². The molecule has 0 unspecified atom stereocenters. The predicted molar refractivity (Wildman–Crippen MR) is 231 cm³/mol. The summed E-state index contributed by atoms with van der Waals surface area (Å²) in [7, 11) is 1.32. The number of amides is 8. The molecule has 8 amide bonds. The summed E-state index contributed by atoms with van der Waals surface area (Å²) in [4.78, 5) is 112. The van der Waals surface area contributed by atoms with Crippen LogP contribution in [0.1, 0.15) is 108 Å². The molecular formula is C45H66N8O11. The van der Waals surface area contributed by atoms with Gasteiger partial charge in [0, 0.05) is 76.0 Å². The van der Waals surface area contributed by atoms with E-state index in [4.69, 9.17) is 4.74 Å². The largest absolute Gasteiger partial charge is 0.469 e. The Hall–Kier alpha value is -5.75. The highest BCUT2D eigenvalue weighted by Gasteiger charge is 2.40. The molecule has 0 aliphatic heterocycles. The number of benzene rings is 1. The monoisotopic (exact) mass is 894 g/mol. The lowest BCUT2D eigenvalue weighted by molar-refractivity contribution is -0.141. The number of rotatable bonds is 26. The van der Waals surface area contributed by atoms with Crippen molar-refractivity contribution in [1.29, 1.82) is 0 Å². The van der Waals surface area contributed by atoms with E-state index in [1.807, 2.05) is 30.3 Å². The smallest absolute Gasteiger partial charge is 0.407 e. The van der Waals surface area contributed by atoms with E-state index in [0.717, 1.165) is 5.56 Å². The SMILES string of the molecule is COC(=O)CCCNC(=O)[C@@H]1CC[C@@H]1NC(=O)CCCNC(=O)[C@@H]1CC[C@@H]1NC(=O)CCCNC(=O)[C@@H]1CC[C@@H]1NC(=O)CCCNC(=O)[C@@H]1CC[C@@H]1NC(=O)OCc1ccccc1. The number of carbonyl (C=O) groups is 9. The maximum Gasteiger partial charge on any atom is 0.407 e. The van der Waals surface area contributed by atoms with Gasteiger partial charge in [0.05, 0.1) is 30.8 Å². The highest BCUT2D eigenvalue weighted by atomic mass is 16.5. The number of hydrogen-bond acceptors (Lipinski definition) is 11. The molecule has 64 heavy (non-hydrogen) atoms. The van der Waals surface area contributed by atoms with Crippen LogP contribution in [0.4, 0.5) is 4.79 Å². The van der Waals surface area contributed by atoms with E-state index in [2.05, 4.69) is 47.3 Å². The van der Waals surface area contributed by atoms with Gasteiger partial charge in [0.25, 0.3) is 0 Å². The lowest BCUT2D eigenvalue weighted by Crippen LogP contribution is -2.53. The van der Waals surface area contributed by atoms with Gasteiger partial charge >= 0.3 is 12.1 Å². The molecule has 0 radical (unpaired) electrons. The minimum Gasteiger partial charge on any atom is -0.469 e. The van der Waals surface area contributed by atoms with Crippen LogP contribution >= 0.6 is 0 Å². The molecule has 4 fully saturated rings. The normalized spacial score (nSPS) is 24.0. The van der Waals surface area contributed by atoms with Gasteiger partial charge in [-0.25, -0.2) is 4.79 Å². The average molecular weight is 895 g/mol. The third kappa shape index (κ3) is 15.5. The first-order chi connectivity index (χ1) is 30.9. The molecule has 0 saturated heterocycles. The summed E-state index contributed by atoms with van der Waals surface area (Å²) in [6, 6.07) is 8.24. The Morgan fingerprint density at radius 3 is 1.14 bits per heavy atom. The second-order valence-corrected chi connectivity index (χ2v) is 17.2. The Balaban J connectivity index is 0.841. The highest BCUT2D eigenvalue weighted by Crippen LogP contribution is 2.30. The molecule has 4 aliphatic carbocycles. The molecule has 19 heteroatoms. The van der Waals surface area contributed by atoms with Gasteiger partial charge < -0.3 is 52.0 Å². The van der Waals surface area contributed by atoms with Gasteiger partial charge in [-0.3, -0.25) is 38.4 Å². The minimum atomic E-state index is -0.566. The average Bonchev–Trinajstić information content (AvgIpc) is 3.24. The lowest BCUT2D eigenvalue weighted by atomic mass is 9.78. The molecule has 0 bridgehead atoms. The second-order valence-electron chi connectivity index (χ2n) is 17.2. The fraction of sp³-hybridized carbons (Fsp3) is 0.667. The van der Waals surface area contributed by atoms with Crippen LogP contribution in [0.25, 0.3) is 0 Å². The fourth-order valence-electron chi connectivity index (χ4n) is 8.15. The zero-order valence-corrected chi connectivity index (χ0v) is 36.8. The first-order valence-electron chi connectivity index (χ1n) is 22.9. The first-order valence-corrected chi connectivity index (χ1v) is 22.9. The van der Waals surface area contributed by atoms with Crippen LogP contribution in [-0.4, -0.2) is 111 Å². The van der Waals surface area contributed by atoms with Gasteiger partial charge in [0.2, 0.25) is 41.4 Å². The van der Waals surface area contributed by atoms with Crippen molar-refractivity contribution in [3.63, 3.8) is 0 Å². The molecule has 0 heterocycles. The first kappa shape index (κ1) is 49.3. The number of nitrogens with one attached hydrogen (secondary N) is 8. The number of ether oxygens (including phenoxy) is 2. The second kappa shape index (κ2) is 25.5. The van der Waals surface area contributed by atoms with Crippen molar-refractivity contribution >= 4 is 53.4 Å². The van der Waals surface area contributed by atoms with Crippen molar-refractivity contribution in [3.8, 4) is 0 Å². The van der Waals surface area contributed by atoms with Gasteiger partial charge in [0.15, 0.2) is 0 Å². The van der Waals surface area contributed by atoms with Crippen molar-refractivity contribution in [2.75, 3.05) is 33.3 Å². The Morgan fingerprint density at radius 2 is 0.812 bits per heavy atom. The lowest BCUT2D eigenvalue weighted by Gasteiger charge is -2.36. The van der Waals surface area contributed by atoms with E-state index in [0.29, 0.717) is 103 Å². The Kier molecular flexibility index (Phi) is 19.6.